The van der Waals surface area contributed by atoms with Gasteiger partial charge in [0.1, 0.15) is 5.75 Å². The van der Waals surface area contributed by atoms with Gasteiger partial charge in [-0.05, 0) is 44.5 Å². The number of methoxy groups -OCH3 is 1. The fourth-order valence-electron chi connectivity index (χ4n) is 2.56. The summed E-state index contributed by atoms with van der Waals surface area (Å²) in [5.74, 6) is 0.733. The Hall–Kier alpha value is -2.24. The Balaban J connectivity index is 1.98. The van der Waals surface area contributed by atoms with E-state index in [0.29, 0.717) is 31.7 Å². The van der Waals surface area contributed by atoms with Crippen LogP contribution in [-0.2, 0) is 4.74 Å². The lowest BCUT2D eigenvalue weighted by atomic mass is 10.2. The number of amides is 2. The van der Waals surface area contributed by atoms with E-state index in [1.807, 2.05) is 26.0 Å². The highest BCUT2D eigenvalue weighted by molar-refractivity contribution is 5.94. The third kappa shape index (κ3) is 4.61. The van der Waals surface area contributed by atoms with Gasteiger partial charge in [0.2, 0.25) is 0 Å². The van der Waals surface area contributed by atoms with Gasteiger partial charge in [-0.15, -0.1) is 0 Å². The number of carbonyl (C=O) groups excluding carboxylic acids is 2. The molecule has 6 heteroatoms. The van der Waals surface area contributed by atoms with E-state index in [9.17, 15) is 9.59 Å². The van der Waals surface area contributed by atoms with Crippen LogP contribution in [0.2, 0.25) is 0 Å². The van der Waals surface area contributed by atoms with E-state index in [2.05, 4.69) is 0 Å². The van der Waals surface area contributed by atoms with Crippen LogP contribution in [0.25, 0.3) is 0 Å². The molecule has 0 N–H and O–H groups in total. The van der Waals surface area contributed by atoms with Crippen LogP contribution in [0.1, 0.15) is 30.6 Å². The summed E-state index contributed by atoms with van der Waals surface area (Å²) in [7, 11) is 1.37. The molecule has 2 amide bonds. The minimum Gasteiger partial charge on any atom is -0.491 e. The first-order valence-electron chi connectivity index (χ1n) is 7.90. The molecule has 0 aromatic heterocycles. The second-order valence-corrected chi connectivity index (χ2v) is 5.79. The van der Waals surface area contributed by atoms with Crippen molar-refractivity contribution < 1.29 is 19.1 Å². The van der Waals surface area contributed by atoms with Crippen LogP contribution in [0.4, 0.5) is 4.79 Å². The van der Waals surface area contributed by atoms with Crippen LogP contribution >= 0.6 is 0 Å². The molecule has 1 aliphatic rings. The second-order valence-electron chi connectivity index (χ2n) is 5.79. The van der Waals surface area contributed by atoms with Gasteiger partial charge in [-0.25, -0.2) is 4.79 Å². The number of rotatable bonds is 3. The molecule has 1 aromatic carbocycles. The Bertz CT molecular complexity index is 542. The Kier molecular flexibility index (Phi) is 5.84. The first-order chi connectivity index (χ1) is 11.0. The number of carbonyl (C=O) groups is 2. The first kappa shape index (κ1) is 17.1. The number of hydrogen-bond acceptors (Lipinski definition) is 4. The van der Waals surface area contributed by atoms with Crippen LogP contribution in [0, 0.1) is 0 Å². The largest absolute Gasteiger partial charge is 0.491 e. The van der Waals surface area contributed by atoms with Crippen molar-refractivity contribution in [3.8, 4) is 5.75 Å². The molecule has 1 fully saturated rings. The summed E-state index contributed by atoms with van der Waals surface area (Å²) < 4.78 is 10.3. The Morgan fingerprint density at radius 3 is 2.22 bits per heavy atom. The highest BCUT2D eigenvalue weighted by Crippen LogP contribution is 2.16. The van der Waals surface area contributed by atoms with E-state index in [-0.39, 0.29) is 18.1 Å². The maximum absolute atomic E-state index is 12.6. The van der Waals surface area contributed by atoms with Gasteiger partial charge in [0.05, 0.1) is 13.2 Å². The molecule has 126 valence electrons. The monoisotopic (exact) mass is 320 g/mol. The molecule has 1 heterocycles. The van der Waals surface area contributed by atoms with E-state index < -0.39 is 0 Å². The summed E-state index contributed by atoms with van der Waals surface area (Å²) in [4.78, 5) is 27.6. The smallest absolute Gasteiger partial charge is 0.409 e. The molecule has 0 atom stereocenters. The summed E-state index contributed by atoms with van der Waals surface area (Å²) in [5, 5.41) is 0. The molecule has 1 aliphatic heterocycles. The predicted molar refractivity (Wildman–Crippen MR) is 86.7 cm³/mol. The van der Waals surface area contributed by atoms with Crippen LogP contribution in [-0.4, -0.2) is 61.2 Å². The SMILES string of the molecule is COC(=O)N1CCCN(C(=O)c2ccc(OC(C)C)cc2)CC1. The number of ether oxygens (including phenoxy) is 2. The first-order valence-corrected chi connectivity index (χ1v) is 7.90. The molecule has 0 aliphatic carbocycles. The molecular weight excluding hydrogens is 296 g/mol. The molecular formula is C17H24N2O4. The third-order valence-corrected chi connectivity index (χ3v) is 3.69. The highest BCUT2D eigenvalue weighted by atomic mass is 16.5. The van der Waals surface area contributed by atoms with Crippen LogP contribution in [0.5, 0.6) is 5.75 Å². The molecule has 23 heavy (non-hydrogen) atoms. The van der Waals surface area contributed by atoms with Crippen LogP contribution in [0.3, 0.4) is 0 Å². The molecule has 1 aromatic rings. The number of nitrogens with zero attached hydrogens (tertiary/aromatic N) is 2. The lowest BCUT2D eigenvalue weighted by molar-refractivity contribution is 0.0757. The van der Waals surface area contributed by atoms with Crippen molar-refractivity contribution in [1.29, 1.82) is 0 Å². The van der Waals surface area contributed by atoms with Crippen molar-refractivity contribution in [2.75, 3.05) is 33.3 Å². The number of hydrogen-bond donors (Lipinski definition) is 0. The molecule has 0 saturated carbocycles. The van der Waals surface area contributed by atoms with Gasteiger partial charge < -0.3 is 19.3 Å². The Morgan fingerprint density at radius 2 is 1.61 bits per heavy atom. The zero-order valence-electron chi connectivity index (χ0n) is 13.9. The van der Waals surface area contributed by atoms with Crippen molar-refractivity contribution in [2.45, 2.75) is 26.4 Å². The maximum atomic E-state index is 12.6. The lowest BCUT2D eigenvalue weighted by Gasteiger charge is -2.21. The summed E-state index contributed by atoms with van der Waals surface area (Å²) in [5.41, 5.74) is 0.632. The fraction of sp³-hybridized carbons (Fsp3) is 0.529. The van der Waals surface area contributed by atoms with Gasteiger partial charge in [0.25, 0.3) is 5.91 Å². The van der Waals surface area contributed by atoms with E-state index >= 15 is 0 Å². The topological polar surface area (TPSA) is 59.1 Å². The molecule has 1 saturated heterocycles. The highest BCUT2D eigenvalue weighted by Gasteiger charge is 2.23. The average molecular weight is 320 g/mol. The second kappa shape index (κ2) is 7.85. The standard InChI is InChI=1S/C17H24N2O4/c1-13(2)23-15-7-5-14(6-8-15)16(20)18-9-4-10-19(12-11-18)17(21)22-3/h5-8,13H,4,9-12H2,1-3H3. The van der Waals surface area contributed by atoms with Gasteiger partial charge in [-0.2, -0.15) is 0 Å². The summed E-state index contributed by atoms with van der Waals surface area (Å²) in [6, 6.07) is 7.18. The lowest BCUT2D eigenvalue weighted by Crippen LogP contribution is -2.37. The van der Waals surface area contributed by atoms with E-state index in [1.165, 1.54) is 7.11 Å². The fourth-order valence-corrected chi connectivity index (χ4v) is 2.56. The Labute approximate surface area is 137 Å². The van der Waals surface area contributed by atoms with Gasteiger partial charge >= 0.3 is 6.09 Å². The molecule has 2 rings (SSSR count). The molecule has 0 unspecified atom stereocenters. The van der Waals surface area contributed by atoms with E-state index in [1.54, 1.807) is 21.9 Å². The van der Waals surface area contributed by atoms with Crippen LogP contribution in [0.15, 0.2) is 24.3 Å². The summed E-state index contributed by atoms with van der Waals surface area (Å²) >= 11 is 0. The quantitative estimate of drug-likeness (QED) is 0.858. The third-order valence-electron chi connectivity index (χ3n) is 3.69. The van der Waals surface area contributed by atoms with Crippen molar-refractivity contribution in [2.24, 2.45) is 0 Å². The minimum absolute atomic E-state index is 0.0205. The normalized spacial score (nSPS) is 15.3. The zero-order chi connectivity index (χ0) is 16.8. The molecule has 6 nitrogen and oxygen atoms in total. The van der Waals surface area contributed by atoms with Crippen molar-refractivity contribution in [1.82, 2.24) is 9.80 Å². The molecule has 0 bridgehead atoms. The van der Waals surface area contributed by atoms with Gasteiger partial charge in [-0.3, -0.25) is 4.79 Å². The zero-order valence-corrected chi connectivity index (χ0v) is 13.9. The molecule has 0 radical (unpaired) electrons. The average Bonchev–Trinajstić information content (AvgIpc) is 2.79. The summed E-state index contributed by atoms with van der Waals surface area (Å²) in [6.45, 7) is 6.17. The minimum atomic E-state index is -0.338. The van der Waals surface area contributed by atoms with E-state index in [4.69, 9.17) is 9.47 Å². The van der Waals surface area contributed by atoms with Crippen molar-refractivity contribution in [3.05, 3.63) is 29.8 Å². The van der Waals surface area contributed by atoms with Crippen LogP contribution < -0.4 is 4.74 Å². The predicted octanol–water partition coefficient (Wildman–Crippen LogP) is 2.39. The maximum Gasteiger partial charge on any atom is 0.409 e. The van der Waals surface area contributed by atoms with Gasteiger partial charge in [0, 0.05) is 31.7 Å². The molecule has 0 spiro atoms. The van der Waals surface area contributed by atoms with Gasteiger partial charge in [-0.1, -0.05) is 0 Å². The van der Waals surface area contributed by atoms with E-state index in [0.717, 1.165) is 12.2 Å². The Morgan fingerprint density at radius 1 is 1.00 bits per heavy atom. The number of benzene rings is 1. The van der Waals surface area contributed by atoms with Crippen molar-refractivity contribution >= 4 is 12.0 Å². The summed E-state index contributed by atoms with van der Waals surface area (Å²) in [6.07, 6.45) is 0.510. The van der Waals surface area contributed by atoms with Gasteiger partial charge in [0.15, 0.2) is 0 Å². The van der Waals surface area contributed by atoms with Crippen molar-refractivity contribution in [3.63, 3.8) is 0 Å².